The van der Waals surface area contributed by atoms with Crippen molar-refractivity contribution in [3.8, 4) is 0 Å². The van der Waals surface area contributed by atoms with Crippen molar-refractivity contribution in [2.24, 2.45) is 0 Å². The van der Waals surface area contributed by atoms with Gasteiger partial charge in [-0.25, -0.2) is 0 Å². The number of carbonyl (C=O) groups is 1. The second kappa shape index (κ2) is 7.42. The highest BCUT2D eigenvalue weighted by atomic mass is 19.4. The van der Waals surface area contributed by atoms with Crippen molar-refractivity contribution >= 4 is 5.91 Å². The molecule has 0 fully saturated rings. The fourth-order valence-electron chi connectivity index (χ4n) is 2.54. The number of aryl methyl sites for hydroxylation is 1. The number of nitrogens with one attached hydrogen (secondary N) is 1. The van der Waals surface area contributed by atoms with Crippen molar-refractivity contribution in [3.05, 3.63) is 59.2 Å². The Labute approximate surface area is 138 Å². The van der Waals surface area contributed by atoms with Crippen LogP contribution < -0.4 is 5.32 Å². The van der Waals surface area contributed by atoms with E-state index in [9.17, 15) is 18.0 Å². The van der Waals surface area contributed by atoms with Gasteiger partial charge in [0, 0.05) is 24.8 Å². The molecule has 2 aromatic rings. The molecule has 2 rings (SSSR count). The van der Waals surface area contributed by atoms with Crippen molar-refractivity contribution in [2.45, 2.75) is 38.9 Å². The van der Waals surface area contributed by atoms with Gasteiger partial charge in [0.25, 0.3) is 0 Å². The number of rotatable bonds is 5. The normalized spacial score (nSPS) is 12.7. The summed E-state index contributed by atoms with van der Waals surface area (Å²) in [7, 11) is 0. The van der Waals surface area contributed by atoms with Crippen LogP contribution in [0.1, 0.15) is 42.1 Å². The summed E-state index contributed by atoms with van der Waals surface area (Å²) in [5.41, 5.74) is 0.921. The van der Waals surface area contributed by atoms with Crippen LogP contribution in [0.25, 0.3) is 0 Å². The van der Waals surface area contributed by atoms with E-state index >= 15 is 0 Å². The van der Waals surface area contributed by atoms with Crippen LogP contribution in [0.4, 0.5) is 13.2 Å². The first-order chi connectivity index (χ1) is 11.3. The molecule has 1 atom stereocenters. The molecule has 1 unspecified atom stereocenters. The second-order valence-electron chi connectivity index (χ2n) is 5.42. The van der Waals surface area contributed by atoms with Crippen molar-refractivity contribution < 1.29 is 18.0 Å². The molecule has 4 nitrogen and oxygen atoms in total. The number of alkyl halides is 3. The van der Waals surface area contributed by atoms with Crippen LogP contribution in [-0.4, -0.2) is 15.9 Å². The van der Waals surface area contributed by atoms with E-state index in [0.29, 0.717) is 0 Å². The minimum Gasteiger partial charge on any atom is -0.349 e. The molecule has 0 aliphatic heterocycles. The van der Waals surface area contributed by atoms with Crippen molar-refractivity contribution in [1.82, 2.24) is 15.3 Å². The number of aromatic nitrogens is 2. The topological polar surface area (TPSA) is 54.9 Å². The van der Waals surface area contributed by atoms with E-state index in [1.165, 1.54) is 0 Å². The van der Waals surface area contributed by atoms with Crippen LogP contribution in [0.2, 0.25) is 0 Å². The van der Waals surface area contributed by atoms with E-state index in [4.69, 9.17) is 0 Å². The first-order valence-corrected chi connectivity index (χ1v) is 7.55. The monoisotopic (exact) mass is 337 g/mol. The predicted octanol–water partition coefficient (Wildman–Crippen LogP) is 3.48. The van der Waals surface area contributed by atoms with Gasteiger partial charge >= 0.3 is 6.18 Å². The Bertz CT molecular complexity index is 716. The third-order valence-electron chi connectivity index (χ3n) is 3.73. The van der Waals surface area contributed by atoms with Gasteiger partial charge in [0.2, 0.25) is 5.91 Å². The summed E-state index contributed by atoms with van der Waals surface area (Å²) < 4.78 is 38.9. The van der Waals surface area contributed by atoms with E-state index < -0.39 is 17.6 Å². The van der Waals surface area contributed by atoms with E-state index in [-0.39, 0.29) is 18.0 Å². The van der Waals surface area contributed by atoms with Gasteiger partial charge in [0.15, 0.2) is 0 Å². The van der Waals surface area contributed by atoms with E-state index in [2.05, 4.69) is 15.3 Å². The molecule has 0 spiro atoms. The molecule has 1 amide bonds. The first kappa shape index (κ1) is 17.9. The highest BCUT2D eigenvalue weighted by molar-refractivity contribution is 5.79. The van der Waals surface area contributed by atoms with Crippen LogP contribution in [0.5, 0.6) is 0 Å². The molecule has 7 heteroatoms. The van der Waals surface area contributed by atoms with Crippen molar-refractivity contribution in [1.29, 1.82) is 0 Å². The molecular weight excluding hydrogens is 319 g/mol. The van der Waals surface area contributed by atoms with Crippen molar-refractivity contribution in [3.63, 3.8) is 0 Å². The molecule has 0 saturated heterocycles. The van der Waals surface area contributed by atoms with E-state index in [0.717, 1.165) is 36.0 Å². The Morgan fingerprint density at radius 1 is 1.17 bits per heavy atom. The lowest BCUT2D eigenvalue weighted by Crippen LogP contribution is -2.29. The van der Waals surface area contributed by atoms with Crippen LogP contribution in [0.15, 0.2) is 36.9 Å². The third-order valence-corrected chi connectivity index (χ3v) is 3.73. The molecule has 0 aromatic carbocycles. The fourth-order valence-corrected chi connectivity index (χ4v) is 2.54. The molecule has 0 aliphatic rings. The molecule has 0 aliphatic carbocycles. The van der Waals surface area contributed by atoms with E-state index in [1.807, 2.05) is 6.92 Å². The van der Waals surface area contributed by atoms with Crippen LogP contribution in [-0.2, 0) is 23.8 Å². The zero-order valence-corrected chi connectivity index (χ0v) is 13.4. The number of hydrogen-bond acceptors (Lipinski definition) is 3. The fraction of sp³-hybridized carbons (Fsp3) is 0.353. The van der Waals surface area contributed by atoms with Crippen LogP contribution >= 0.6 is 0 Å². The van der Waals surface area contributed by atoms with Gasteiger partial charge in [0.05, 0.1) is 18.0 Å². The molecule has 0 radical (unpaired) electrons. The Morgan fingerprint density at radius 2 is 1.79 bits per heavy atom. The minimum atomic E-state index is -4.51. The zero-order valence-electron chi connectivity index (χ0n) is 13.4. The third kappa shape index (κ3) is 4.31. The van der Waals surface area contributed by atoms with Gasteiger partial charge in [-0.05, 0) is 42.2 Å². The molecule has 2 aromatic heterocycles. The number of amides is 1. The summed E-state index contributed by atoms with van der Waals surface area (Å²) in [6, 6.07) is 2.36. The molecule has 0 saturated carbocycles. The SMILES string of the molecule is CCc1cnccc1C(C)NC(=O)Cc1cnccc1C(F)(F)F. The maximum atomic E-state index is 13.0. The standard InChI is InChI=1S/C17H18F3N3O/c1-3-12-9-21-6-4-14(12)11(2)23-16(24)8-13-10-22-7-5-15(13)17(18,19)20/h4-7,9-11H,3,8H2,1-2H3,(H,23,24). The molecule has 24 heavy (non-hydrogen) atoms. The molecule has 2 heterocycles. The highest BCUT2D eigenvalue weighted by Crippen LogP contribution is 2.31. The van der Waals surface area contributed by atoms with Gasteiger partial charge < -0.3 is 5.32 Å². The van der Waals surface area contributed by atoms with Gasteiger partial charge in [-0.1, -0.05) is 6.92 Å². The summed E-state index contributed by atoms with van der Waals surface area (Å²) >= 11 is 0. The number of hydrogen-bond donors (Lipinski definition) is 1. The van der Waals surface area contributed by atoms with E-state index in [1.54, 1.807) is 25.4 Å². The summed E-state index contributed by atoms with van der Waals surface area (Å²) in [6.07, 6.45) is 1.36. The van der Waals surface area contributed by atoms with Crippen molar-refractivity contribution in [2.75, 3.05) is 0 Å². The average molecular weight is 337 g/mol. The van der Waals surface area contributed by atoms with Gasteiger partial charge in [0.1, 0.15) is 0 Å². The number of carbonyl (C=O) groups excluding carboxylic acids is 1. The lowest BCUT2D eigenvalue weighted by atomic mass is 10.0. The Kier molecular flexibility index (Phi) is 5.54. The smallest absolute Gasteiger partial charge is 0.349 e. The van der Waals surface area contributed by atoms with Gasteiger partial charge in [-0.15, -0.1) is 0 Å². The highest BCUT2D eigenvalue weighted by Gasteiger charge is 2.33. The summed E-state index contributed by atoms with van der Waals surface area (Å²) in [4.78, 5) is 19.9. The second-order valence-corrected chi connectivity index (χ2v) is 5.42. The molecular formula is C17H18F3N3O. The summed E-state index contributed by atoms with van der Waals surface area (Å²) in [6.45, 7) is 3.76. The number of pyridine rings is 2. The lowest BCUT2D eigenvalue weighted by molar-refractivity contribution is -0.138. The Hall–Kier alpha value is -2.44. The van der Waals surface area contributed by atoms with Crippen LogP contribution in [0, 0.1) is 0 Å². The Balaban J connectivity index is 2.12. The molecule has 1 N–H and O–H groups in total. The average Bonchev–Trinajstić information content (AvgIpc) is 2.54. The van der Waals surface area contributed by atoms with Crippen LogP contribution in [0.3, 0.4) is 0 Å². The maximum absolute atomic E-state index is 13.0. The predicted molar refractivity (Wildman–Crippen MR) is 83.1 cm³/mol. The Morgan fingerprint density at radius 3 is 2.42 bits per heavy atom. The zero-order chi connectivity index (χ0) is 17.7. The first-order valence-electron chi connectivity index (χ1n) is 7.55. The molecule has 128 valence electrons. The van der Waals surface area contributed by atoms with Gasteiger partial charge in [-0.2, -0.15) is 13.2 Å². The molecule has 0 bridgehead atoms. The van der Waals surface area contributed by atoms with Gasteiger partial charge in [-0.3, -0.25) is 14.8 Å². The minimum absolute atomic E-state index is 0.139. The lowest BCUT2D eigenvalue weighted by Gasteiger charge is -2.18. The maximum Gasteiger partial charge on any atom is 0.416 e. The summed E-state index contributed by atoms with van der Waals surface area (Å²) in [5, 5.41) is 2.74. The largest absolute Gasteiger partial charge is 0.416 e. The number of halogens is 3. The summed E-state index contributed by atoms with van der Waals surface area (Å²) in [5.74, 6) is -0.486. The quantitative estimate of drug-likeness (QED) is 0.909. The number of nitrogens with zero attached hydrogens (tertiary/aromatic N) is 2.